The lowest BCUT2D eigenvalue weighted by Gasteiger charge is -1.99. The first-order valence-electron chi connectivity index (χ1n) is 5.47. The molecule has 0 unspecified atom stereocenters. The molecule has 0 fully saturated rings. The Bertz CT molecular complexity index is 374. The Morgan fingerprint density at radius 1 is 0.773 bits per heavy atom. The molecule has 1 amide bonds. The van der Waals surface area contributed by atoms with E-state index in [1.807, 2.05) is 0 Å². The summed E-state index contributed by atoms with van der Waals surface area (Å²) in [5.74, 6) is -5.33. The maximum Gasteiger partial charge on any atom is 0.321 e. The van der Waals surface area contributed by atoms with E-state index in [1.54, 1.807) is 0 Å². The van der Waals surface area contributed by atoms with Gasteiger partial charge in [-0.1, -0.05) is 0 Å². The minimum absolute atomic E-state index is 0.333. The summed E-state index contributed by atoms with van der Waals surface area (Å²) < 4.78 is 0. The van der Waals surface area contributed by atoms with Gasteiger partial charge in [-0.25, -0.2) is 0 Å². The predicted octanol–water partition coefficient (Wildman–Crippen LogP) is -2.76. The first-order valence-corrected chi connectivity index (χ1v) is 5.47. The standard InChI is InChI=1S/2C4H7NO4.C2H5NO/c2*5-2(4(8)9)1-3(6)7;1-2(3)4/h2*2H,1,5H2,(H,6,7)(H,8,9);1H3,(H2,3,4)/t2*2-;/m00./s1. The van der Waals surface area contributed by atoms with Gasteiger partial charge < -0.3 is 37.6 Å². The van der Waals surface area contributed by atoms with Crippen LogP contribution < -0.4 is 17.2 Å². The second-order valence-corrected chi connectivity index (χ2v) is 3.70. The van der Waals surface area contributed by atoms with Gasteiger partial charge >= 0.3 is 23.9 Å². The van der Waals surface area contributed by atoms with Gasteiger partial charge in [0.1, 0.15) is 12.1 Å². The predicted molar refractivity (Wildman–Crippen MR) is 70.6 cm³/mol. The third-order valence-corrected chi connectivity index (χ3v) is 1.42. The van der Waals surface area contributed by atoms with Gasteiger partial charge in [0.15, 0.2) is 0 Å². The van der Waals surface area contributed by atoms with Crippen LogP contribution in [0.15, 0.2) is 0 Å². The highest BCUT2D eigenvalue weighted by Crippen LogP contribution is 1.86. The van der Waals surface area contributed by atoms with Crippen LogP contribution in [0.2, 0.25) is 0 Å². The number of carbonyl (C=O) groups excluding carboxylic acids is 1. The van der Waals surface area contributed by atoms with E-state index in [2.05, 4.69) is 5.73 Å². The average molecular weight is 325 g/mol. The van der Waals surface area contributed by atoms with E-state index in [0.717, 1.165) is 0 Å². The highest BCUT2D eigenvalue weighted by atomic mass is 16.4. The van der Waals surface area contributed by atoms with Crippen LogP contribution in [0.5, 0.6) is 0 Å². The molecule has 0 spiro atoms. The monoisotopic (exact) mass is 325 g/mol. The molecule has 12 heteroatoms. The lowest BCUT2D eigenvalue weighted by Crippen LogP contribution is -2.32. The largest absolute Gasteiger partial charge is 0.481 e. The van der Waals surface area contributed by atoms with Crippen molar-refractivity contribution in [3.8, 4) is 0 Å². The molecular weight excluding hydrogens is 306 g/mol. The van der Waals surface area contributed by atoms with E-state index in [-0.39, 0.29) is 5.91 Å². The minimum atomic E-state index is -1.29. The molecule has 0 rings (SSSR count). The number of carboxylic acid groups (broad SMARTS) is 4. The van der Waals surface area contributed by atoms with Crippen molar-refractivity contribution in [2.45, 2.75) is 31.8 Å². The highest BCUT2D eigenvalue weighted by molar-refractivity contribution is 5.80. The second kappa shape index (κ2) is 13.3. The van der Waals surface area contributed by atoms with Crippen molar-refractivity contribution < 1.29 is 44.4 Å². The van der Waals surface area contributed by atoms with Gasteiger partial charge in [-0.15, -0.1) is 0 Å². The Labute approximate surface area is 124 Å². The molecule has 0 aliphatic heterocycles. The molecule has 22 heavy (non-hydrogen) atoms. The van der Waals surface area contributed by atoms with E-state index < -0.39 is 48.8 Å². The number of aliphatic carboxylic acids is 4. The van der Waals surface area contributed by atoms with Crippen LogP contribution in [-0.4, -0.2) is 62.3 Å². The number of carboxylic acids is 4. The van der Waals surface area contributed by atoms with Crippen molar-refractivity contribution in [3.63, 3.8) is 0 Å². The normalized spacial score (nSPS) is 11.4. The summed E-state index contributed by atoms with van der Waals surface area (Å²) in [6.07, 6.45) is -1.06. The van der Waals surface area contributed by atoms with E-state index in [4.69, 9.17) is 31.9 Å². The maximum absolute atomic E-state index is 9.85. The fraction of sp³-hybridized carbons (Fsp3) is 0.500. The lowest BCUT2D eigenvalue weighted by molar-refractivity contribution is -0.144. The van der Waals surface area contributed by atoms with Crippen molar-refractivity contribution in [1.82, 2.24) is 0 Å². The summed E-state index contributed by atoms with van der Waals surface area (Å²) in [4.78, 5) is 48.5. The van der Waals surface area contributed by atoms with Gasteiger partial charge in [-0.2, -0.15) is 0 Å². The zero-order chi connectivity index (χ0) is 18.5. The first-order chi connectivity index (χ1) is 9.81. The van der Waals surface area contributed by atoms with Crippen molar-refractivity contribution in [2.75, 3.05) is 0 Å². The zero-order valence-electron chi connectivity index (χ0n) is 11.6. The van der Waals surface area contributed by atoms with Crippen LogP contribution in [0.1, 0.15) is 19.8 Å². The molecule has 0 bridgehead atoms. The Balaban J connectivity index is -0.000000266. The average Bonchev–Trinajstić information content (AvgIpc) is 2.26. The molecule has 2 atom stereocenters. The quantitative estimate of drug-likeness (QED) is 0.263. The van der Waals surface area contributed by atoms with Crippen LogP contribution in [0.3, 0.4) is 0 Å². The fourth-order valence-corrected chi connectivity index (χ4v) is 0.551. The van der Waals surface area contributed by atoms with Crippen LogP contribution in [-0.2, 0) is 24.0 Å². The summed E-state index contributed by atoms with van der Waals surface area (Å²) in [6, 6.07) is -2.58. The number of primary amides is 1. The van der Waals surface area contributed by atoms with Gasteiger partial charge in [0.05, 0.1) is 12.8 Å². The van der Waals surface area contributed by atoms with E-state index in [1.165, 1.54) is 6.92 Å². The Kier molecular flexibility index (Phi) is 14.6. The van der Waals surface area contributed by atoms with Gasteiger partial charge in [0.2, 0.25) is 5.91 Å². The molecule has 0 aromatic heterocycles. The summed E-state index contributed by atoms with van der Waals surface area (Å²) in [7, 11) is 0. The Morgan fingerprint density at radius 2 is 0.955 bits per heavy atom. The van der Waals surface area contributed by atoms with E-state index >= 15 is 0 Å². The Morgan fingerprint density at radius 3 is 1.00 bits per heavy atom. The van der Waals surface area contributed by atoms with Crippen molar-refractivity contribution >= 4 is 29.8 Å². The molecule has 128 valence electrons. The molecule has 12 nitrogen and oxygen atoms in total. The molecule has 0 aromatic rings. The molecule has 0 aliphatic carbocycles. The van der Waals surface area contributed by atoms with Gasteiger partial charge in [-0.3, -0.25) is 24.0 Å². The number of amides is 1. The molecule has 0 heterocycles. The number of hydrogen-bond acceptors (Lipinski definition) is 7. The third-order valence-electron chi connectivity index (χ3n) is 1.42. The number of nitrogens with two attached hydrogens (primary N) is 3. The fourth-order valence-electron chi connectivity index (χ4n) is 0.551. The van der Waals surface area contributed by atoms with Crippen molar-refractivity contribution in [3.05, 3.63) is 0 Å². The highest BCUT2D eigenvalue weighted by Gasteiger charge is 2.15. The number of rotatable bonds is 6. The van der Waals surface area contributed by atoms with Crippen molar-refractivity contribution in [2.24, 2.45) is 17.2 Å². The summed E-state index contributed by atoms with van der Waals surface area (Å²) in [5.41, 5.74) is 14.1. The topological polar surface area (TPSA) is 244 Å². The summed E-state index contributed by atoms with van der Waals surface area (Å²) in [5, 5.41) is 32.1. The summed E-state index contributed by atoms with van der Waals surface area (Å²) >= 11 is 0. The number of carbonyl (C=O) groups is 5. The van der Waals surface area contributed by atoms with Gasteiger partial charge in [-0.05, 0) is 0 Å². The smallest absolute Gasteiger partial charge is 0.321 e. The molecule has 0 aromatic carbocycles. The molecule has 0 saturated carbocycles. The minimum Gasteiger partial charge on any atom is -0.481 e. The first kappa shape index (κ1) is 24.3. The maximum atomic E-state index is 9.85. The van der Waals surface area contributed by atoms with Gasteiger partial charge in [0.25, 0.3) is 0 Å². The summed E-state index contributed by atoms with van der Waals surface area (Å²) in [6.45, 7) is 1.31. The molecule has 0 radical (unpaired) electrons. The van der Waals surface area contributed by atoms with Crippen molar-refractivity contribution in [1.29, 1.82) is 0 Å². The van der Waals surface area contributed by atoms with Crippen LogP contribution >= 0.6 is 0 Å². The van der Waals surface area contributed by atoms with E-state index in [0.29, 0.717) is 0 Å². The molecule has 0 aliphatic rings. The molecule has 10 N–H and O–H groups in total. The molecule has 0 saturated heterocycles. The van der Waals surface area contributed by atoms with Crippen LogP contribution in [0, 0.1) is 0 Å². The lowest BCUT2D eigenvalue weighted by atomic mass is 10.2. The zero-order valence-corrected chi connectivity index (χ0v) is 11.6. The SMILES string of the molecule is CC(N)=O.N[C@@H](CC(=O)O)C(=O)O.N[C@@H](CC(=O)O)C(=O)O. The third kappa shape index (κ3) is 26.0. The van der Waals surface area contributed by atoms with E-state index in [9.17, 15) is 24.0 Å². The molecular formula is C10H19N3O9. The number of hydrogen-bond donors (Lipinski definition) is 7. The van der Waals surface area contributed by atoms with Crippen LogP contribution in [0.4, 0.5) is 0 Å². The second-order valence-electron chi connectivity index (χ2n) is 3.70. The van der Waals surface area contributed by atoms with Crippen LogP contribution in [0.25, 0.3) is 0 Å². The van der Waals surface area contributed by atoms with Gasteiger partial charge in [0, 0.05) is 6.92 Å². The Hall–Kier alpha value is -2.73.